The van der Waals surface area contributed by atoms with Crippen molar-refractivity contribution in [3.8, 4) is 22.8 Å². The lowest BCUT2D eigenvalue weighted by Gasteiger charge is -1.97. The van der Waals surface area contributed by atoms with Crippen LogP contribution in [0.15, 0.2) is 57.3 Å². The topological polar surface area (TPSA) is 43.7 Å². The van der Waals surface area contributed by atoms with Crippen LogP contribution in [0.3, 0.4) is 0 Å². The summed E-state index contributed by atoms with van der Waals surface area (Å²) in [6, 6.07) is 13.8. The van der Waals surface area contributed by atoms with Crippen molar-refractivity contribution in [2.24, 2.45) is 4.99 Å². The second-order valence-corrected chi connectivity index (χ2v) is 6.65. The maximum atomic E-state index is 5.36. The molecule has 0 saturated heterocycles. The van der Waals surface area contributed by atoms with Crippen molar-refractivity contribution in [1.29, 1.82) is 0 Å². The third-order valence-electron chi connectivity index (χ3n) is 3.35. The van der Waals surface area contributed by atoms with Gasteiger partial charge < -0.3 is 9.47 Å². The van der Waals surface area contributed by atoms with Crippen molar-refractivity contribution in [3.63, 3.8) is 0 Å². The fourth-order valence-corrected chi connectivity index (χ4v) is 3.13. The van der Waals surface area contributed by atoms with Crippen LogP contribution in [-0.2, 0) is 0 Å². The number of rotatable bonds is 3. The molecule has 2 aromatic carbocycles. The van der Waals surface area contributed by atoms with Gasteiger partial charge in [-0.05, 0) is 35.9 Å². The highest BCUT2D eigenvalue weighted by Gasteiger charge is 2.12. The number of nitrogens with zero attached hydrogens (tertiary/aromatic N) is 2. The second-order valence-electron chi connectivity index (χ2n) is 4.89. The van der Waals surface area contributed by atoms with E-state index in [-0.39, 0.29) is 6.79 Å². The van der Waals surface area contributed by atoms with Crippen LogP contribution in [0.1, 0.15) is 5.56 Å². The fraction of sp³-hybridized carbons (Fsp3) is 0.0588. The second kappa shape index (κ2) is 6.14. The number of thiazole rings is 1. The maximum Gasteiger partial charge on any atom is 0.231 e. The Bertz CT molecular complexity index is 875. The molecule has 4 rings (SSSR count). The highest BCUT2D eigenvalue weighted by molar-refractivity contribution is 9.10. The third kappa shape index (κ3) is 3.13. The summed E-state index contributed by atoms with van der Waals surface area (Å²) in [6.45, 7) is 0.277. The summed E-state index contributed by atoms with van der Waals surface area (Å²) in [6.07, 6.45) is 1.78. The molecule has 3 aromatic rings. The lowest BCUT2D eigenvalue weighted by molar-refractivity contribution is 0.174. The van der Waals surface area contributed by atoms with Crippen LogP contribution >= 0.6 is 27.3 Å². The molecule has 23 heavy (non-hydrogen) atoms. The molecule has 0 N–H and O–H groups in total. The number of aromatic nitrogens is 1. The Hall–Kier alpha value is -2.18. The van der Waals surface area contributed by atoms with E-state index in [9.17, 15) is 0 Å². The van der Waals surface area contributed by atoms with Crippen LogP contribution in [0.25, 0.3) is 11.3 Å². The molecule has 1 aliphatic rings. The minimum atomic E-state index is 0.277. The highest BCUT2D eigenvalue weighted by Crippen LogP contribution is 2.32. The predicted octanol–water partition coefficient (Wildman–Crippen LogP) is 5.05. The van der Waals surface area contributed by atoms with Crippen molar-refractivity contribution >= 4 is 38.6 Å². The first-order chi connectivity index (χ1) is 11.3. The predicted molar refractivity (Wildman–Crippen MR) is 95.1 cm³/mol. The van der Waals surface area contributed by atoms with Gasteiger partial charge in [0.05, 0.1) is 5.69 Å². The molecular formula is C17H11BrN2O2S. The Labute approximate surface area is 145 Å². The zero-order valence-corrected chi connectivity index (χ0v) is 14.3. The van der Waals surface area contributed by atoms with E-state index in [1.54, 1.807) is 6.21 Å². The number of halogens is 1. The first kappa shape index (κ1) is 14.4. The molecule has 4 nitrogen and oxygen atoms in total. The van der Waals surface area contributed by atoms with E-state index in [4.69, 9.17) is 9.47 Å². The van der Waals surface area contributed by atoms with Crippen LogP contribution in [0, 0.1) is 0 Å². The van der Waals surface area contributed by atoms with Gasteiger partial charge in [-0.15, -0.1) is 11.3 Å². The molecule has 0 spiro atoms. The van der Waals surface area contributed by atoms with Crippen LogP contribution in [0.4, 0.5) is 5.13 Å². The molecule has 0 amide bonds. The van der Waals surface area contributed by atoms with Gasteiger partial charge >= 0.3 is 0 Å². The van der Waals surface area contributed by atoms with Gasteiger partial charge in [-0.2, -0.15) is 0 Å². The zero-order valence-electron chi connectivity index (χ0n) is 11.9. The summed E-state index contributed by atoms with van der Waals surface area (Å²) in [5.41, 5.74) is 2.96. The van der Waals surface area contributed by atoms with Gasteiger partial charge in [0, 0.05) is 21.6 Å². The van der Waals surface area contributed by atoms with Gasteiger partial charge in [0.25, 0.3) is 0 Å². The van der Waals surface area contributed by atoms with Gasteiger partial charge in [-0.3, -0.25) is 0 Å². The molecule has 6 heteroatoms. The van der Waals surface area contributed by atoms with Crippen LogP contribution in [0.2, 0.25) is 0 Å². The molecule has 0 fully saturated rings. The van der Waals surface area contributed by atoms with Gasteiger partial charge in [-0.1, -0.05) is 28.1 Å². The first-order valence-corrected chi connectivity index (χ1v) is 8.60. The number of ether oxygens (including phenoxy) is 2. The smallest absolute Gasteiger partial charge is 0.231 e. The molecule has 1 aliphatic heterocycles. The number of hydrogen-bond donors (Lipinski definition) is 0. The van der Waals surface area contributed by atoms with Gasteiger partial charge in [0.2, 0.25) is 11.9 Å². The lowest BCUT2D eigenvalue weighted by Crippen LogP contribution is -1.92. The summed E-state index contributed by atoms with van der Waals surface area (Å²) in [5, 5.41) is 2.73. The number of hydrogen-bond acceptors (Lipinski definition) is 5. The third-order valence-corrected chi connectivity index (χ3v) is 4.63. The molecule has 114 valence electrons. The summed E-state index contributed by atoms with van der Waals surface area (Å²) in [7, 11) is 0. The molecule has 0 saturated carbocycles. The van der Waals surface area contributed by atoms with Crippen LogP contribution in [-0.4, -0.2) is 18.0 Å². The first-order valence-electron chi connectivity index (χ1n) is 6.93. The molecule has 2 heterocycles. The van der Waals surface area contributed by atoms with E-state index in [0.717, 1.165) is 37.9 Å². The lowest BCUT2D eigenvalue weighted by atomic mass is 10.2. The SMILES string of the molecule is Brc1ccc(-c2csc(N=Cc3ccc4c(c3)OCO4)n2)cc1. The Morgan fingerprint density at radius 3 is 2.78 bits per heavy atom. The van der Waals surface area contributed by atoms with Crippen molar-refractivity contribution < 1.29 is 9.47 Å². The summed E-state index contributed by atoms with van der Waals surface area (Å²) in [4.78, 5) is 8.99. The fourth-order valence-electron chi connectivity index (χ4n) is 2.20. The quantitative estimate of drug-likeness (QED) is 0.591. The van der Waals surface area contributed by atoms with Crippen LogP contribution < -0.4 is 9.47 Å². The normalized spacial score (nSPS) is 12.9. The molecule has 0 atom stereocenters. The van der Waals surface area contributed by atoms with E-state index in [1.807, 2.05) is 47.8 Å². The Kier molecular flexibility index (Phi) is 3.85. The van der Waals surface area contributed by atoms with Crippen LogP contribution in [0.5, 0.6) is 11.5 Å². The van der Waals surface area contributed by atoms with Crippen molar-refractivity contribution in [2.45, 2.75) is 0 Å². The standard InChI is InChI=1S/C17H11BrN2O2S/c18-13-4-2-12(3-5-13)14-9-23-17(20-14)19-8-11-1-6-15-16(7-11)22-10-21-15/h1-9H,10H2. The monoisotopic (exact) mass is 386 g/mol. The van der Waals surface area contributed by atoms with E-state index < -0.39 is 0 Å². The molecule has 0 unspecified atom stereocenters. The van der Waals surface area contributed by atoms with Gasteiger partial charge in [-0.25, -0.2) is 9.98 Å². The molecular weight excluding hydrogens is 376 g/mol. The average molecular weight is 387 g/mol. The number of aliphatic imine (C=N–C) groups is 1. The summed E-state index contributed by atoms with van der Waals surface area (Å²) >= 11 is 4.95. The number of benzene rings is 2. The van der Waals surface area contributed by atoms with Crippen molar-refractivity contribution in [2.75, 3.05) is 6.79 Å². The molecule has 0 aliphatic carbocycles. The summed E-state index contributed by atoms with van der Waals surface area (Å²) in [5.74, 6) is 1.53. The Morgan fingerprint density at radius 2 is 1.91 bits per heavy atom. The summed E-state index contributed by atoms with van der Waals surface area (Å²) < 4.78 is 11.7. The largest absolute Gasteiger partial charge is 0.454 e. The van der Waals surface area contributed by atoms with Gasteiger partial charge in [0.1, 0.15) is 0 Å². The maximum absolute atomic E-state index is 5.36. The van der Waals surface area contributed by atoms with Crippen molar-refractivity contribution in [1.82, 2.24) is 4.98 Å². The van der Waals surface area contributed by atoms with Crippen molar-refractivity contribution in [3.05, 3.63) is 57.9 Å². The minimum absolute atomic E-state index is 0.277. The molecule has 1 aromatic heterocycles. The Morgan fingerprint density at radius 1 is 1.09 bits per heavy atom. The Balaban J connectivity index is 1.54. The average Bonchev–Trinajstić information content (AvgIpc) is 3.22. The van der Waals surface area contributed by atoms with E-state index in [2.05, 4.69) is 25.9 Å². The van der Waals surface area contributed by atoms with Gasteiger partial charge in [0.15, 0.2) is 11.5 Å². The van der Waals surface area contributed by atoms with E-state index in [0.29, 0.717) is 0 Å². The molecule has 0 bridgehead atoms. The van der Waals surface area contributed by atoms with E-state index >= 15 is 0 Å². The minimum Gasteiger partial charge on any atom is -0.454 e. The van der Waals surface area contributed by atoms with E-state index in [1.165, 1.54) is 11.3 Å². The zero-order chi connectivity index (χ0) is 15.6. The molecule has 0 radical (unpaired) electrons. The highest BCUT2D eigenvalue weighted by atomic mass is 79.9. The number of fused-ring (bicyclic) bond motifs is 1.